The fourth-order valence-electron chi connectivity index (χ4n) is 2.87. The van der Waals surface area contributed by atoms with Crippen LogP contribution in [0.2, 0.25) is 0 Å². The maximum Gasteiger partial charge on any atom is 0.222 e. The molecule has 0 aromatic rings. The fraction of sp³-hybridized carbons (Fsp3) is 0.929. The van der Waals surface area contributed by atoms with Gasteiger partial charge in [0, 0.05) is 38.6 Å². The third-order valence-electron chi connectivity index (χ3n) is 4.14. The molecule has 0 spiro atoms. The van der Waals surface area contributed by atoms with Gasteiger partial charge in [-0.2, -0.15) is 0 Å². The summed E-state index contributed by atoms with van der Waals surface area (Å²) in [6, 6.07) is 0.584. The highest BCUT2D eigenvalue weighted by Crippen LogP contribution is 2.14. The van der Waals surface area contributed by atoms with Gasteiger partial charge in [-0.1, -0.05) is 0 Å². The standard InChI is InChI=1S/C14H26N2O2/c1-13(15-9-11-18-12-10-15)5-4-6-14(17)16-7-2-3-8-16/h13H,2-12H2,1H3. The molecule has 0 aliphatic carbocycles. The lowest BCUT2D eigenvalue weighted by Crippen LogP contribution is -2.42. The summed E-state index contributed by atoms with van der Waals surface area (Å²) in [5.41, 5.74) is 0. The number of rotatable bonds is 5. The van der Waals surface area contributed by atoms with Gasteiger partial charge < -0.3 is 9.64 Å². The minimum atomic E-state index is 0.363. The maximum absolute atomic E-state index is 11.9. The highest BCUT2D eigenvalue weighted by atomic mass is 16.5. The Labute approximate surface area is 110 Å². The zero-order valence-electron chi connectivity index (χ0n) is 11.6. The molecular formula is C14H26N2O2. The summed E-state index contributed by atoms with van der Waals surface area (Å²) in [4.78, 5) is 16.4. The Bertz CT molecular complexity index is 259. The molecule has 2 fully saturated rings. The van der Waals surface area contributed by atoms with E-state index in [1.54, 1.807) is 0 Å². The molecule has 2 saturated heterocycles. The normalized spacial score (nSPS) is 23.3. The van der Waals surface area contributed by atoms with Crippen LogP contribution in [0, 0.1) is 0 Å². The van der Waals surface area contributed by atoms with E-state index in [9.17, 15) is 4.79 Å². The quantitative estimate of drug-likeness (QED) is 0.745. The van der Waals surface area contributed by atoms with Crippen molar-refractivity contribution in [2.24, 2.45) is 0 Å². The Morgan fingerprint density at radius 2 is 1.83 bits per heavy atom. The average molecular weight is 254 g/mol. The van der Waals surface area contributed by atoms with Crippen molar-refractivity contribution in [3.63, 3.8) is 0 Å². The average Bonchev–Trinajstić information content (AvgIpc) is 2.93. The molecule has 18 heavy (non-hydrogen) atoms. The predicted octanol–water partition coefficient (Wildman–Crippen LogP) is 1.50. The topological polar surface area (TPSA) is 32.8 Å². The number of morpholine rings is 1. The summed E-state index contributed by atoms with van der Waals surface area (Å²) in [7, 11) is 0. The van der Waals surface area contributed by atoms with Crippen molar-refractivity contribution in [3.05, 3.63) is 0 Å². The van der Waals surface area contributed by atoms with Crippen LogP contribution in [0.1, 0.15) is 39.0 Å². The van der Waals surface area contributed by atoms with Crippen LogP contribution in [0.3, 0.4) is 0 Å². The first kappa shape index (κ1) is 13.8. The number of hydrogen-bond donors (Lipinski definition) is 0. The maximum atomic E-state index is 11.9. The zero-order chi connectivity index (χ0) is 12.8. The molecule has 1 atom stereocenters. The molecule has 4 nitrogen and oxygen atoms in total. The molecule has 1 unspecified atom stereocenters. The second-order valence-corrected chi connectivity index (χ2v) is 5.48. The number of hydrogen-bond acceptors (Lipinski definition) is 3. The molecule has 2 rings (SSSR count). The molecule has 2 aliphatic heterocycles. The molecule has 0 bridgehead atoms. The van der Waals surface area contributed by atoms with Gasteiger partial charge in [0.1, 0.15) is 0 Å². The first-order chi connectivity index (χ1) is 8.77. The van der Waals surface area contributed by atoms with Crippen molar-refractivity contribution in [3.8, 4) is 0 Å². The third kappa shape index (κ3) is 3.95. The second-order valence-electron chi connectivity index (χ2n) is 5.48. The summed E-state index contributed by atoms with van der Waals surface area (Å²) < 4.78 is 5.36. The van der Waals surface area contributed by atoms with E-state index < -0.39 is 0 Å². The van der Waals surface area contributed by atoms with Crippen molar-refractivity contribution in [2.45, 2.75) is 45.1 Å². The molecule has 0 N–H and O–H groups in total. The monoisotopic (exact) mass is 254 g/mol. The number of likely N-dealkylation sites (tertiary alicyclic amines) is 1. The summed E-state index contributed by atoms with van der Waals surface area (Å²) in [5, 5.41) is 0. The Kier molecular flexibility index (Phi) is 5.45. The van der Waals surface area contributed by atoms with Crippen LogP contribution in [-0.2, 0) is 9.53 Å². The van der Waals surface area contributed by atoms with Crippen LogP contribution < -0.4 is 0 Å². The highest BCUT2D eigenvalue weighted by Gasteiger charge is 2.19. The van der Waals surface area contributed by atoms with Crippen LogP contribution in [-0.4, -0.2) is 61.1 Å². The first-order valence-corrected chi connectivity index (χ1v) is 7.37. The molecule has 0 aromatic heterocycles. The van der Waals surface area contributed by atoms with Crippen LogP contribution in [0.15, 0.2) is 0 Å². The number of ether oxygens (including phenoxy) is 1. The van der Waals surface area contributed by atoms with Gasteiger partial charge in [-0.3, -0.25) is 9.69 Å². The lowest BCUT2D eigenvalue weighted by atomic mass is 10.1. The second kappa shape index (κ2) is 7.10. The molecular weight excluding hydrogens is 228 g/mol. The fourth-order valence-corrected chi connectivity index (χ4v) is 2.87. The number of amides is 1. The molecule has 0 saturated carbocycles. The van der Waals surface area contributed by atoms with E-state index in [0.717, 1.165) is 58.7 Å². The van der Waals surface area contributed by atoms with E-state index in [-0.39, 0.29) is 0 Å². The van der Waals surface area contributed by atoms with Crippen LogP contribution in [0.25, 0.3) is 0 Å². The van der Waals surface area contributed by atoms with Gasteiger partial charge in [0.2, 0.25) is 5.91 Å². The van der Waals surface area contributed by atoms with Crippen LogP contribution in [0.4, 0.5) is 0 Å². The van der Waals surface area contributed by atoms with Crippen molar-refractivity contribution < 1.29 is 9.53 Å². The van der Waals surface area contributed by atoms with E-state index in [0.29, 0.717) is 11.9 Å². The van der Waals surface area contributed by atoms with E-state index in [4.69, 9.17) is 4.74 Å². The van der Waals surface area contributed by atoms with Crippen molar-refractivity contribution in [1.82, 2.24) is 9.80 Å². The Morgan fingerprint density at radius 3 is 2.50 bits per heavy atom. The van der Waals surface area contributed by atoms with Gasteiger partial charge in [-0.05, 0) is 32.6 Å². The molecule has 1 amide bonds. The highest BCUT2D eigenvalue weighted by molar-refractivity contribution is 5.76. The van der Waals surface area contributed by atoms with E-state index in [2.05, 4.69) is 11.8 Å². The van der Waals surface area contributed by atoms with Crippen molar-refractivity contribution in [2.75, 3.05) is 39.4 Å². The molecule has 2 aliphatic rings. The van der Waals surface area contributed by atoms with E-state index >= 15 is 0 Å². The van der Waals surface area contributed by atoms with Gasteiger partial charge in [-0.25, -0.2) is 0 Å². The zero-order valence-corrected chi connectivity index (χ0v) is 11.6. The SMILES string of the molecule is CC(CCCC(=O)N1CCCC1)N1CCOCC1. The van der Waals surface area contributed by atoms with Gasteiger partial charge in [-0.15, -0.1) is 0 Å². The van der Waals surface area contributed by atoms with Crippen molar-refractivity contribution >= 4 is 5.91 Å². The first-order valence-electron chi connectivity index (χ1n) is 7.37. The number of carbonyl (C=O) groups is 1. The molecule has 0 aromatic carbocycles. The van der Waals surface area contributed by atoms with Gasteiger partial charge in [0.15, 0.2) is 0 Å². The predicted molar refractivity (Wildman–Crippen MR) is 71.5 cm³/mol. The Balaban J connectivity index is 1.60. The van der Waals surface area contributed by atoms with E-state index in [1.165, 1.54) is 12.8 Å². The molecule has 2 heterocycles. The molecule has 0 radical (unpaired) electrons. The largest absolute Gasteiger partial charge is 0.379 e. The van der Waals surface area contributed by atoms with E-state index in [1.807, 2.05) is 4.90 Å². The minimum Gasteiger partial charge on any atom is -0.379 e. The summed E-state index contributed by atoms with van der Waals surface area (Å²) in [6.45, 7) is 8.04. The van der Waals surface area contributed by atoms with Crippen LogP contribution >= 0.6 is 0 Å². The smallest absolute Gasteiger partial charge is 0.222 e. The summed E-state index contributed by atoms with van der Waals surface area (Å²) >= 11 is 0. The summed E-state index contributed by atoms with van der Waals surface area (Å²) in [5.74, 6) is 0.363. The third-order valence-corrected chi connectivity index (χ3v) is 4.14. The Morgan fingerprint density at radius 1 is 1.17 bits per heavy atom. The molecule has 104 valence electrons. The Hall–Kier alpha value is -0.610. The minimum absolute atomic E-state index is 0.363. The van der Waals surface area contributed by atoms with Gasteiger partial charge >= 0.3 is 0 Å². The number of nitrogens with zero attached hydrogens (tertiary/aromatic N) is 2. The molecule has 4 heteroatoms. The van der Waals surface area contributed by atoms with Crippen LogP contribution in [0.5, 0.6) is 0 Å². The van der Waals surface area contributed by atoms with Gasteiger partial charge in [0.05, 0.1) is 13.2 Å². The van der Waals surface area contributed by atoms with Gasteiger partial charge in [0.25, 0.3) is 0 Å². The lowest BCUT2D eigenvalue weighted by molar-refractivity contribution is -0.130. The lowest BCUT2D eigenvalue weighted by Gasteiger charge is -2.32. The summed E-state index contributed by atoms with van der Waals surface area (Å²) in [6.07, 6.45) is 5.26. The van der Waals surface area contributed by atoms with Crippen molar-refractivity contribution in [1.29, 1.82) is 0 Å². The number of carbonyl (C=O) groups excluding carboxylic acids is 1.